The zero-order valence-electron chi connectivity index (χ0n) is 10.8. The van der Waals surface area contributed by atoms with Crippen molar-refractivity contribution >= 4 is 23.1 Å². The molecule has 3 unspecified atom stereocenters. The van der Waals surface area contributed by atoms with E-state index in [0.717, 1.165) is 31.6 Å². The van der Waals surface area contributed by atoms with E-state index in [2.05, 4.69) is 5.32 Å². The number of rotatable bonds is 3. The number of fused-ring (bicyclic) bond motifs is 2. The summed E-state index contributed by atoms with van der Waals surface area (Å²) >= 11 is 5.17. The highest BCUT2D eigenvalue weighted by Gasteiger charge is 2.47. The first kappa shape index (κ1) is 12.4. The van der Waals surface area contributed by atoms with Crippen LogP contribution in [-0.4, -0.2) is 16.9 Å². The van der Waals surface area contributed by atoms with Crippen LogP contribution < -0.4 is 11.1 Å². The van der Waals surface area contributed by atoms with Gasteiger partial charge >= 0.3 is 0 Å². The fourth-order valence-electron chi connectivity index (χ4n) is 4.29. The lowest BCUT2D eigenvalue weighted by molar-refractivity contribution is -0.128. The smallest absolute Gasteiger partial charge is 0.233 e. The normalized spacial score (nSPS) is 36.8. The monoisotopic (exact) mass is 266 g/mol. The number of hydrogen-bond acceptors (Lipinski definition) is 2. The SMILES string of the molecule is NC(=S)C1(C(=O)NC2CC3CCC2C3)CCCC1. The Labute approximate surface area is 114 Å². The molecule has 0 aromatic heterocycles. The van der Waals surface area contributed by atoms with Crippen LogP contribution in [0.15, 0.2) is 0 Å². The maximum Gasteiger partial charge on any atom is 0.233 e. The predicted molar refractivity (Wildman–Crippen MR) is 75.1 cm³/mol. The summed E-state index contributed by atoms with van der Waals surface area (Å²) < 4.78 is 0. The largest absolute Gasteiger partial charge is 0.392 e. The van der Waals surface area contributed by atoms with Crippen LogP contribution in [0.5, 0.6) is 0 Å². The molecular formula is C14H22N2OS. The Balaban J connectivity index is 1.68. The summed E-state index contributed by atoms with van der Waals surface area (Å²) in [4.78, 5) is 13.0. The lowest BCUT2D eigenvalue weighted by Crippen LogP contribution is -2.51. The van der Waals surface area contributed by atoms with Crippen LogP contribution in [0.4, 0.5) is 0 Å². The van der Waals surface area contributed by atoms with Gasteiger partial charge in [0.2, 0.25) is 5.91 Å². The van der Waals surface area contributed by atoms with E-state index in [4.69, 9.17) is 18.0 Å². The molecule has 0 aliphatic heterocycles. The topological polar surface area (TPSA) is 55.1 Å². The van der Waals surface area contributed by atoms with Gasteiger partial charge in [-0.1, -0.05) is 31.5 Å². The third-order valence-corrected chi connectivity index (χ3v) is 5.81. The summed E-state index contributed by atoms with van der Waals surface area (Å²) in [6.07, 6.45) is 8.95. The van der Waals surface area contributed by atoms with Gasteiger partial charge in [-0.15, -0.1) is 0 Å². The van der Waals surface area contributed by atoms with E-state index in [9.17, 15) is 4.79 Å². The molecular weight excluding hydrogens is 244 g/mol. The van der Waals surface area contributed by atoms with Gasteiger partial charge in [-0.3, -0.25) is 4.79 Å². The Morgan fingerprint density at radius 3 is 2.44 bits per heavy atom. The summed E-state index contributed by atoms with van der Waals surface area (Å²) in [6.45, 7) is 0. The van der Waals surface area contributed by atoms with Crippen LogP contribution in [0, 0.1) is 17.3 Å². The van der Waals surface area contributed by atoms with Crippen LogP contribution >= 0.6 is 12.2 Å². The highest BCUT2D eigenvalue weighted by Crippen LogP contribution is 2.45. The van der Waals surface area contributed by atoms with E-state index in [1.807, 2.05) is 0 Å². The maximum atomic E-state index is 12.6. The molecule has 3 N–H and O–H groups in total. The summed E-state index contributed by atoms with van der Waals surface area (Å²) in [5, 5.41) is 3.27. The van der Waals surface area contributed by atoms with Crippen molar-refractivity contribution in [2.75, 3.05) is 0 Å². The van der Waals surface area contributed by atoms with Crippen LogP contribution in [0.25, 0.3) is 0 Å². The van der Waals surface area contributed by atoms with Crippen molar-refractivity contribution in [3.63, 3.8) is 0 Å². The summed E-state index contributed by atoms with van der Waals surface area (Å²) in [5.41, 5.74) is 5.32. The van der Waals surface area contributed by atoms with Gasteiger partial charge in [0.25, 0.3) is 0 Å². The van der Waals surface area contributed by atoms with Gasteiger partial charge in [-0.2, -0.15) is 0 Å². The van der Waals surface area contributed by atoms with E-state index in [1.165, 1.54) is 25.7 Å². The molecule has 0 aromatic carbocycles. The highest BCUT2D eigenvalue weighted by molar-refractivity contribution is 7.80. The number of carbonyl (C=O) groups is 1. The van der Waals surface area contributed by atoms with Crippen molar-refractivity contribution in [1.82, 2.24) is 5.32 Å². The molecule has 3 saturated carbocycles. The van der Waals surface area contributed by atoms with E-state index in [0.29, 0.717) is 16.9 Å². The lowest BCUT2D eigenvalue weighted by Gasteiger charge is -2.31. The van der Waals surface area contributed by atoms with Crippen LogP contribution in [0.1, 0.15) is 51.4 Å². The number of nitrogens with two attached hydrogens (primary N) is 1. The van der Waals surface area contributed by atoms with Gasteiger partial charge in [-0.05, 0) is 43.9 Å². The third-order valence-electron chi connectivity index (χ3n) is 5.42. The van der Waals surface area contributed by atoms with E-state index >= 15 is 0 Å². The number of amides is 1. The number of hydrogen-bond donors (Lipinski definition) is 2. The second-order valence-electron chi connectivity index (χ2n) is 6.41. The van der Waals surface area contributed by atoms with Gasteiger partial charge in [0.15, 0.2) is 0 Å². The molecule has 0 spiro atoms. The molecule has 4 heteroatoms. The van der Waals surface area contributed by atoms with Crippen LogP contribution in [-0.2, 0) is 4.79 Å². The van der Waals surface area contributed by atoms with Crippen molar-refractivity contribution < 1.29 is 4.79 Å². The average Bonchev–Trinajstić information content (AvgIpc) is 3.05. The first-order valence-electron chi connectivity index (χ1n) is 7.23. The van der Waals surface area contributed by atoms with E-state index in [1.54, 1.807) is 0 Å². The Morgan fingerprint density at radius 2 is 1.94 bits per heavy atom. The Morgan fingerprint density at radius 1 is 1.22 bits per heavy atom. The maximum absolute atomic E-state index is 12.6. The van der Waals surface area contributed by atoms with Crippen molar-refractivity contribution in [3.05, 3.63) is 0 Å². The van der Waals surface area contributed by atoms with Gasteiger partial charge in [0, 0.05) is 6.04 Å². The standard InChI is InChI=1S/C14H22N2OS/c15-12(18)14(5-1-2-6-14)13(17)16-11-8-9-3-4-10(11)7-9/h9-11H,1-8H2,(H2,15,18)(H,16,17). The number of thiocarbonyl (C=S) groups is 1. The molecule has 0 saturated heterocycles. The van der Waals surface area contributed by atoms with Gasteiger partial charge in [-0.25, -0.2) is 0 Å². The first-order valence-corrected chi connectivity index (χ1v) is 7.63. The zero-order valence-corrected chi connectivity index (χ0v) is 11.6. The van der Waals surface area contributed by atoms with Gasteiger partial charge in [0.1, 0.15) is 0 Å². The summed E-state index contributed by atoms with van der Waals surface area (Å²) in [6, 6.07) is 0.392. The molecule has 3 atom stereocenters. The van der Waals surface area contributed by atoms with Crippen molar-refractivity contribution in [2.24, 2.45) is 23.0 Å². The predicted octanol–water partition coefficient (Wildman–Crippen LogP) is 2.14. The number of carbonyl (C=O) groups excluding carboxylic acids is 1. The first-order chi connectivity index (χ1) is 8.62. The molecule has 3 aliphatic rings. The molecule has 0 heterocycles. The summed E-state index contributed by atoms with van der Waals surface area (Å²) in [7, 11) is 0. The fourth-order valence-corrected chi connectivity index (χ4v) is 4.59. The van der Waals surface area contributed by atoms with E-state index < -0.39 is 5.41 Å². The Kier molecular flexibility index (Phi) is 3.08. The van der Waals surface area contributed by atoms with Gasteiger partial charge in [0.05, 0.1) is 10.4 Å². The summed E-state index contributed by atoms with van der Waals surface area (Å²) in [5.74, 6) is 1.68. The molecule has 18 heavy (non-hydrogen) atoms. The molecule has 1 amide bonds. The zero-order chi connectivity index (χ0) is 12.8. The molecule has 3 nitrogen and oxygen atoms in total. The third kappa shape index (κ3) is 1.85. The molecule has 3 rings (SSSR count). The molecule has 100 valence electrons. The second kappa shape index (κ2) is 4.48. The van der Waals surface area contributed by atoms with Crippen molar-refractivity contribution in [3.8, 4) is 0 Å². The van der Waals surface area contributed by atoms with E-state index in [-0.39, 0.29) is 5.91 Å². The van der Waals surface area contributed by atoms with Gasteiger partial charge < -0.3 is 11.1 Å². The second-order valence-corrected chi connectivity index (χ2v) is 6.85. The Hall–Kier alpha value is -0.640. The average molecular weight is 266 g/mol. The minimum Gasteiger partial charge on any atom is -0.392 e. The van der Waals surface area contributed by atoms with Crippen molar-refractivity contribution in [1.29, 1.82) is 0 Å². The minimum atomic E-state index is -0.531. The minimum absolute atomic E-state index is 0.116. The highest BCUT2D eigenvalue weighted by atomic mass is 32.1. The number of nitrogens with one attached hydrogen (secondary N) is 1. The Bertz CT molecular complexity index is 376. The lowest BCUT2D eigenvalue weighted by atomic mass is 9.84. The van der Waals surface area contributed by atoms with Crippen LogP contribution in [0.3, 0.4) is 0 Å². The van der Waals surface area contributed by atoms with Crippen LogP contribution in [0.2, 0.25) is 0 Å². The molecule has 0 radical (unpaired) electrons. The quantitative estimate of drug-likeness (QED) is 0.770. The molecule has 3 aliphatic carbocycles. The van der Waals surface area contributed by atoms with Crippen molar-refractivity contribution in [2.45, 2.75) is 57.4 Å². The molecule has 2 bridgehead atoms. The fraction of sp³-hybridized carbons (Fsp3) is 0.857. The molecule has 0 aromatic rings. The molecule has 3 fully saturated rings.